The maximum atomic E-state index is 12.9. The number of aromatic amines is 1. The van der Waals surface area contributed by atoms with Gasteiger partial charge < -0.3 is 14.5 Å². The van der Waals surface area contributed by atoms with E-state index in [9.17, 15) is 4.79 Å². The van der Waals surface area contributed by atoms with Crippen molar-refractivity contribution in [3.63, 3.8) is 0 Å². The van der Waals surface area contributed by atoms with E-state index < -0.39 is 0 Å². The molecule has 0 aliphatic heterocycles. The highest BCUT2D eigenvalue weighted by Crippen LogP contribution is 2.22. The first-order valence-corrected chi connectivity index (χ1v) is 9.96. The van der Waals surface area contributed by atoms with Crippen LogP contribution >= 0.6 is 0 Å². The summed E-state index contributed by atoms with van der Waals surface area (Å²) in [6.45, 7) is 0.282. The van der Waals surface area contributed by atoms with E-state index in [0.29, 0.717) is 22.7 Å². The predicted molar refractivity (Wildman–Crippen MR) is 122 cm³/mol. The lowest BCUT2D eigenvalue weighted by Gasteiger charge is -2.10. The molecule has 0 bridgehead atoms. The molecule has 0 spiro atoms. The second-order valence-electron chi connectivity index (χ2n) is 7.06. The van der Waals surface area contributed by atoms with Crippen LogP contribution in [0.3, 0.4) is 0 Å². The zero-order chi connectivity index (χ0) is 21.9. The Labute approximate surface area is 182 Å². The van der Waals surface area contributed by atoms with Crippen LogP contribution in [-0.2, 0) is 6.61 Å². The lowest BCUT2D eigenvalue weighted by Crippen LogP contribution is -2.17. The van der Waals surface area contributed by atoms with Crippen LogP contribution in [0.25, 0.3) is 21.9 Å². The molecule has 0 radical (unpaired) electrons. The molecule has 0 saturated carbocycles. The van der Waals surface area contributed by atoms with Crippen molar-refractivity contribution in [1.82, 2.24) is 19.6 Å². The van der Waals surface area contributed by atoms with Gasteiger partial charge in [0.2, 0.25) is 5.88 Å². The lowest BCUT2D eigenvalue weighted by molar-refractivity contribution is 0.285. The zero-order valence-corrected chi connectivity index (χ0v) is 17.2. The van der Waals surface area contributed by atoms with Crippen molar-refractivity contribution in [3.05, 3.63) is 94.7 Å². The number of fused-ring (bicyclic) bond motifs is 3. The van der Waals surface area contributed by atoms with E-state index in [1.807, 2.05) is 54.6 Å². The van der Waals surface area contributed by atoms with Crippen LogP contribution in [0.5, 0.6) is 11.6 Å². The average molecular weight is 425 g/mol. The Morgan fingerprint density at radius 2 is 1.97 bits per heavy atom. The number of H-pyrrole nitrogens is 1. The molecule has 0 saturated heterocycles. The SMILES string of the molecule is COc1ccc(/C=N\n2cnc3c([nH]c4ccccc43)c2=O)cc1COc1ccccn1. The topological polar surface area (TPSA) is 94.4 Å². The number of nitrogens with one attached hydrogen (secondary N) is 1. The molecule has 2 aromatic carbocycles. The van der Waals surface area contributed by atoms with Crippen LogP contribution in [0.15, 0.2) is 83.1 Å². The maximum absolute atomic E-state index is 12.9. The number of rotatable bonds is 6. The van der Waals surface area contributed by atoms with E-state index in [1.165, 1.54) is 11.0 Å². The van der Waals surface area contributed by atoms with Crippen LogP contribution < -0.4 is 15.0 Å². The van der Waals surface area contributed by atoms with E-state index in [2.05, 4.69) is 20.1 Å². The summed E-state index contributed by atoms with van der Waals surface area (Å²) in [6, 6.07) is 18.7. The van der Waals surface area contributed by atoms with Crippen LogP contribution in [-0.4, -0.2) is 33.0 Å². The molecule has 1 N–H and O–H groups in total. The standard InChI is InChI=1S/C24H19N5O3/c1-31-20-10-9-16(12-17(20)14-32-21-8-4-5-11-25-21)13-27-29-15-26-22-18-6-2-3-7-19(18)28-23(22)24(29)30/h2-13,15,28H,14H2,1H3/b27-13-. The van der Waals surface area contributed by atoms with Gasteiger partial charge in [0.1, 0.15) is 29.7 Å². The smallest absolute Gasteiger partial charge is 0.298 e. The van der Waals surface area contributed by atoms with Crippen molar-refractivity contribution >= 4 is 28.2 Å². The fourth-order valence-corrected chi connectivity index (χ4v) is 3.48. The summed E-state index contributed by atoms with van der Waals surface area (Å²) in [5.41, 5.74) is 3.27. The summed E-state index contributed by atoms with van der Waals surface area (Å²) < 4.78 is 12.4. The quantitative estimate of drug-likeness (QED) is 0.418. The first-order chi connectivity index (χ1) is 15.7. The molecule has 0 unspecified atom stereocenters. The van der Waals surface area contributed by atoms with Crippen molar-refractivity contribution < 1.29 is 9.47 Å². The Hall–Kier alpha value is -4.46. The van der Waals surface area contributed by atoms with Crippen LogP contribution in [0.1, 0.15) is 11.1 Å². The van der Waals surface area contributed by atoms with E-state index in [0.717, 1.165) is 22.0 Å². The van der Waals surface area contributed by atoms with Gasteiger partial charge >= 0.3 is 0 Å². The molecule has 3 aromatic heterocycles. The first-order valence-electron chi connectivity index (χ1n) is 9.96. The summed E-state index contributed by atoms with van der Waals surface area (Å²) in [6.07, 6.45) is 4.70. The fraction of sp³-hybridized carbons (Fsp3) is 0.0833. The summed E-state index contributed by atoms with van der Waals surface area (Å²) in [7, 11) is 1.61. The summed E-state index contributed by atoms with van der Waals surface area (Å²) in [4.78, 5) is 24.6. The van der Waals surface area contributed by atoms with Gasteiger partial charge in [0, 0.05) is 28.7 Å². The zero-order valence-electron chi connectivity index (χ0n) is 17.2. The van der Waals surface area contributed by atoms with Gasteiger partial charge in [0.15, 0.2) is 0 Å². The molecule has 3 heterocycles. The number of hydrogen-bond acceptors (Lipinski definition) is 6. The minimum Gasteiger partial charge on any atom is -0.496 e. The molecule has 8 nitrogen and oxygen atoms in total. The molecule has 0 amide bonds. The Morgan fingerprint density at radius 3 is 2.81 bits per heavy atom. The highest BCUT2D eigenvalue weighted by molar-refractivity contribution is 6.04. The highest BCUT2D eigenvalue weighted by atomic mass is 16.5. The molecule has 0 fully saturated rings. The molecular weight excluding hydrogens is 406 g/mol. The summed E-state index contributed by atoms with van der Waals surface area (Å²) in [5, 5.41) is 5.22. The van der Waals surface area contributed by atoms with Gasteiger partial charge in [0.25, 0.3) is 5.56 Å². The molecule has 5 rings (SSSR count). The molecule has 32 heavy (non-hydrogen) atoms. The monoisotopic (exact) mass is 425 g/mol. The number of ether oxygens (including phenoxy) is 2. The van der Waals surface area contributed by atoms with Crippen LogP contribution in [0.4, 0.5) is 0 Å². The third-order valence-corrected chi connectivity index (χ3v) is 5.05. The van der Waals surface area contributed by atoms with Gasteiger partial charge in [0.05, 0.1) is 13.3 Å². The van der Waals surface area contributed by atoms with Crippen molar-refractivity contribution in [3.8, 4) is 11.6 Å². The number of para-hydroxylation sites is 1. The van der Waals surface area contributed by atoms with E-state index in [-0.39, 0.29) is 12.2 Å². The average Bonchev–Trinajstić information content (AvgIpc) is 3.23. The maximum Gasteiger partial charge on any atom is 0.298 e. The molecule has 158 valence electrons. The number of pyridine rings is 1. The molecule has 0 aliphatic rings. The van der Waals surface area contributed by atoms with Crippen LogP contribution in [0, 0.1) is 0 Å². The summed E-state index contributed by atoms with van der Waals surface area (Å²) in [5.74, 6) is 1.22. The van der Waals surface area contributed by atoms with E-state index in [1.54, 1.807) is 25.6 Å². The van der Waals surface area contributed by atoms with Crippen molar-refractivity contribution in [2.75, 3.05) is 7.11 Å². The molecule has 0 atom stereocenters. The van der Waals surface area contributed by atoms with E-state index in [4.69, 9.17) is 9.47 Å². The third-order valence-electron chi connectivity index (χ3n) is 5.05. The predicted octanol–water partition coefficient (Wildman–Crippen LogP) is 3.74. The van der Waals surface area contributed by atoms with Crippen LogP contribution in [0.2, 0.25) is 0 Å². The molecule has 5 aromatic rings. The van der Waals surface area contributed by atoms with E-state index >= 15 is 0 Å². The Balaban J connectivity index is 1.43. The molecular formula is C24H19N5O3. The van der Waals surface area contributed by atoms with Gasteiger partial charge in [-0.3, -0.25) is 4.79 Å². The van der Waals surface area contributed by atoms with Crippen molar-refractivity contribution in [2.24, 2.45) is 5.10 Å². The number of hydrogen-bond donors (Lipinski definition) is 1. The number of aromatic nitrogens is 4. The van der Waals surface area contributed by atoms with Crippen molar-refractivity contribution in [1.29, 1.82) is 0 Å². The van der Waals surface area contributed by atoms with Gasteiger partial charge in [-0.05, 0) is 35.9 Å². The highest BCUT2D eigenvalue weighted by Gasteiger charge is 2.10. The number of nitrogens with zero attached hydrogens (tertiary/aromatic N) is 4. The Kier molecular flexibility index (Phi) is 5.09. The molecule has 0 aliphatic carbocycles. The van der Waals surface area contributed by atoms with Gasteiger partial charge in [-0.25, -0.2) is 9.97 Å². The molecule has 8 heteroatoms. The Bertz CT molecular complexity index is 1490. The number of methoxy groups -OCH3 is 1. The van der Waals surface area contributed by atoms with Gasteiger partial charge in [-0.15, -0.1) is 0 Å². The summed E-state index contributed by atoms with van der Waals surface area (Å²) >= 11 is 0. The second kappa shape index (κ2) is 8.35. The lowest BCUT2D eigenvalue weighted by atomic mass is 10.1. The fourth-order valence-electron chi connectivity index (χ4n) is 3.48. The minimum atomic E-state index is -0.269. The minimum absolute atomic E-state index is 0.269. The normalized spacial score (nSPS) is 11.4. The third kappa shape index (κ3) is 3.69. The van der Waals surface area contributed by atoms with Gasteiger partial charge in [-0.2, -0.15) is 9.78 Å². The Morgan fingerprint density at radius 1 is 1.09 bits per heavy atom. The number of benzene rings is 2. The largest absolute Gasteiger partial charge is 0.496 e. The first kappa shape index (κ1) is 19.5. The van der Waals surface area contributed by atoms with Gasteiger partial charge in [-0.1, -0.05) is 24.3 Å². The second-order valence-corrected chi connectivity index (χ2v) is 7.06. The van der Waals surface area contributed by atoms with Crippen molar-refractivity contribution in [2.45, 2.75) is 6.61 Å².